The Morgan fingerprint density at radius 2 is 1.76 bits per heavy atom. The summed E-state index contributed by atoms with van der Waals surface area (Å²) in [6.45, 7) is 13.1. The van der Waals surface area contributed by atoms with Gasteiger partial charge in [0, 0.05) is 44.3 Å². The van der Waals surface area contributed by atoms with Gasteiger partial charge in [-0.25, -0.2) is 4.98 Å². The van der Waals surface area contributed by atoms with E-state index in [0.29, 0.717) is 13.1 Å². The molecule has 1 amide bonds. The van der Waals surface area contributed by atoms with E-state index in [1.165, 1.54) is 0 Å². The summed E-state index contributed by atoms with van der Waals surface area (Å²) in [5, 5.41) is 4.60. The Balaban J connectivity index is 1.74. The summed E-state index contributed by atoms with van der Waals surface area (Å²) in [6.07, 6.45) is 5.13. The third-order valence-electron chi connectivity index (χ3n) is 4.58. The molecule has 0 unspecified atom stereocenters. The van der Waals surface area contributed by atoms with Crippen molar-refractivity contribution < 1.29 is 4.79 Å². The Morgan fingerprint density at radius 3 is 2.28 bits per heavy atom. The van der Waals surface area contributed by atoms with Crippen LogP contribution in [0.4, 0.5) is 5.82 Å². The number of hydrogen-bond donors (Lipinski definition) is 0. The van der Waals surface area contributed by atoms with Crippen molar-refractivity contribution >= 4 is 11.7 Å². The predicted molar refractivity (Wildman–Crippen MR) is 96.8 cm³/mol. The molecule has 1 saturated heterocycles. The molecule has 1 aliphatic heterocycles. The molecule has 7 nitrogen and oxygen atoms in total. The van der Waals surface area contributed by atoms with Gasteiger partial charge < -0.3 is 9.80 Å². The first-order chi connectivity index (χ1) is 11.8. The SMILES string of the molecule is Cc1nn(C(C)(C)C)c(C)c1C(=O)N1CCN(c2cnccn2)CC1. The van der Waals surface area contributed by atoms with Crippen LogP contribution in [0, 0.1) is 13.8 Å². The van der Waals surface area contributed by atoms with Crippen molar-refractivity contribution in [3.05, 3.63) is 35.5 Å². The molecule has 0 radical (unpaired) electrons. The van der Waals surface area contributed by atoms with Crippen LogP contribution in [0.15, 0.2) is 18.6 Å². The zero-order valence-corrected chi connectivity index (χ0v) is 15.7. The van der Waals surface area contributed by atoms with Crippen LogP contribution in [0.25, 0.3) is 0 Å². The minimum absolute atomic E-state index is 0.0734. The second-order valence-electron chi connectivity index (χ2n) is 7.47. The number of rotatable bonds is 2. The zero-order chi connectivity index (χ0) is 18.2. The monoisotopic (exact) mass is 342 g/mol. The largest absolute Gasteiger partial charge is 0.352 e. The van der Waals surface area contributed by atoms with Gasteiger partial charge in [0.2, 0.25) is 0 Å². The Labute approximate surface area is 148 Å². The molecular formula is C18H26N6O. The van der Waals surface area contributed by atoms with Gasteiger partial charge in [-0.3, -0.25) is 14.5 Å². The van der Waals surface area contributed by atoms with Gasteiger partial charge in [-0.05, 0) is 34.6 Å². The second kappa shape index (κ2) is 6.46. The summed E-state index contributed by atoms with van der Waals surface area (Å²) in [5.41, 5.74) is 2.33. The van der Waals surface area contributed by atoms with E-state index in [4.69, 9.17) is 0 Å². The minimum Gasteiger partial charge on any atom is -0.352 e. The molecule has 2 aromatic rings. The fourth-order valence-corrected chi connectivity index (χ4v) is 3.36. The fourth-order valence-electron chi connectivity index (χ4n) is 3.36. The number of aromatic nitrogens is 4. The summed E-state index contributed by atoms with van der Waals surface area (Å²) in [5.74, 6) is 0.937. The lowest BCUT2D eigenvalue weighted by Crippen LogP contribution is -2.49. The fraction of sp³-hybridized carbons (Fsp3) is 0.556. The summed E-state index contributed by atoms with van der Waals surface area (Å²) < 4.78 is 1.95. The van der Waals surface area contributed by atoms with Crippen LogP contribution < -0.4 is 4.90 Å². The van der Waals surface area contributed by atoms with Crippen molar-refractivity contribution in [2.45, 2.75) is 40.2 Å². The van der Waals surface area contributed by atoms with E-state index in [1.54, 1.807) is 18.6 Å². The van der Waals surface area contributed by atoms with Crippen molar-refractivity contribution in [3.8, 4) is 0 Å². The molecule has 2 aromatic heterocycles. The summed E-state index contributed by atoms with van der Waals surface area (Å²) in [6, 6.07) is 0. The number of anilines is 1. The molecule has 0 aromatic carbocycles. The molecule has 25 heavy (non-hydrogen) atoms. The van der Waals surface area contributed by atoms with E-state index in [0.717, 1.165) is 35.9 Å². The molecule has 0 saturated carbocycles. The first-order valence-corrected chi connectivity index (χ1v) is 8.66. The highest BCUT2D eigenvalue weighted by Crippen LogP contribution is 2.23. The topological polar surface area (TPSA) is 67.2 Å². The molecular weight excluding hydrogens is 316 g/mol. The number of piperazine rings is 1. The van der Waals surface area contributed by atoms with Gasteiger partial charge in [0.05, 0.1) is 23.0 Å². The van der Waals surface area contributed by atoms with E-state index in [9.17, 15) is 4.79 Å². The van der Waals surface area contributed by atoms with Crippen LogP contribution in [-0.4, -0.2) is 56.7 Å². The van der Waals surface area contributed by atoms with Gasteiger partial charge in [-0.2, -0.15) is 5.10 Å². The standard InChI is InChI=1S/C18H26N6O/c1-13-16(14(2)24(21-13)18(3,4)5)17(25)23-10-8-22(9-11-23)15-12-19-6-7-20-15/h6-7,12H,8-11H2,1-5H3. The Bertz CT molecular complexity index is 754. The number of amides is 1. The highest BCUT2D eigenvalue weighted by Gasteiger charge is 2.29. The van der Waals surface area contributed by atoms with Gasteiger partial charge in [0.25, 0.3) is 5.91 Å². The van der Waals surface area contributed by atoms with E-state index < -0.39 is 0 Å². The van der Waals surface area contributed by atoms with Gasteiger partial charge in [0.1, 0.15) is 5.82 Å². The molecule has 0 atom stereocenters. The van der Waals surface area contributed by atoms with E-state index in [-0.39, 0.29) is 11.4 Å². The lowest BCUT2D eigenvalue weighted by atomic mass is 10.1. The van der Waals surface area contributed by atoms with Crippen molar-refractivity contribution in [1.82, 2.24) is 24.6 Å². The third-order valence-corrected chi connectivity index (χ3v) is 4.58. The number of hydrogen-bond acceptors (Lipinski definition) is 5. The maximum Gasteiger partial charge on any atom is 0.257 e. The third kappa shape index (κ3) is 3.36. The Morgan fingerprint density at radius 1 is 1.08 bits per heavy atom. The van der Waals surface area contributed by atoms with Crippen LogP contribution in [0.1, 0.15) is 42.5 Å². The maximum atomic E-state index is 13.1. The lowest BCUT2D eigenvalue weighted by Gasteiger charge is -2.35. The summed E-state index contributed by atoms with van der Waals surface area (Å²) in [4.78, 5) is 25.6. The van der Waals surface area contributed by atoms with Crippen molar-refractivity contribution in [2.24, 2.45) is 0 Å². The van der Waals surface area contributed by atoms with Gasteiger partial charge in [0.15, 0.2) is 0 Å². The normalized spacial score (nSPS) is 15.6. The molecule has 1 aliphatic rings. The molecule has 1 fully saturated rings. The zero-order valence-electron chi connectivity index (χ0n) is 15.7. The van der Waals surface area contributed by atoms with Crippen molar-refractivity contribution in [3.63, 3.8) is 0 Å². The first-order valence-electron chi connectivity index (χ1n) is 8.66. The van der Waals surface area contributed by atoms with Crippen molar-refractivity contribution in [1.29, 1.82) is 0 Å². The Kier molecular flexibility index (Phi) is 4.49. The highest BCUT2D eigenvalue weighted by molar-refractivity contribution is 5.96. The molecule has 0 aliphatic carbocycles. The Hall–Kier alpha value is -2.44. The average Bonchev–Trinajstić information content (AvgIpc) is 2.90. The highest BCUT2D eigenvalue weighted by atomic mass is 16.2. The quantitative estimate of drug-likeness (QED) is 0.835. The summed E-state index contributed by atoms with van der Waals surface area (Å²) >= 11 is 0. The molecule has 0 N–H and O–H groups in total. The second-order valence-corrected chi connectivity index (χ2v) is 7.47. The molecule has 7 heteroatoms. The minimum atomic E-state index is -0.141. The van der Waals surface area contributed by atoms with Crippen LogP contribution >= 0.6 is 0 Å². The van der Waals surface area contributed by atoms with Crippen LogP contribution in [0.2, 0.25) is 0 Å². The molecule has 0 spiro atoms. The van der Waals surface area contributed by atoms with Crippen molar-refractivity contribution in [2.75, 3.05) is 31.1 Å². The number of aryl methyl sites for hydroxylation is 1. The first kappa shape index (κ1) is 17.4. The van der Waals surface area contributed by atoms with E-state index >= 15 is 0 Å². The van der Waals surface area contributed by atoms with Gasteiger partial charge >= 0.3 is 0 Å². The average molecular weight is 342 g/mol. The van der Waals surface area contributed by atoms with E-state index in [1.807, 2.05) is 23.4 Å². The number of carbonyl (C=O) groups excluding carboxylic acids is 1. The molecule has 3 rings (SSSR count). The van der Waals surface area contributed by atoms with Crippen LogP contribution in [0.5, 0.6) is 0 Å². The smallest absolute Gasteiger partial charge is 0.257 e. The van der Waals surface area contributed by atoms with Gasteiger partial charge in [-0.15, -0.1) is 0 Å². The van der Waals surface area contributed by atoms with Crippen LogP contribution in [-0.2, 0) is 5.54 Å². The molecule has 134 valence electrons. The van der Waals surface area contributed by atoms with Crippen LogP contribution in [0.3, 0.4) is 0 Å². The maximum absolute atomic E-state index is 13.1. The molecule has 0 bridgehead atoms. The number of nitrogens with zero attached hydrogens (tertiary/aromatic N) is 6. The number of carbonyl (C=O) groups is 1. The van der Waals surface area contributed by atoms with Gasteiger partial charge in [-0.1, -0.05) is 0 Å². The van der Waals surface area contributed by atoms with E-state index in [2.05, 4.69) is 40.7 Å². The lowest BCUT2D eigenvalue weighted by molar-refractivity contribution is 0.0744. The summed E-state index contributed by atoms with van der Waals surface area (Å²) in [7, 11) is 0. The molecule has 3 heterocycles. The predicted octanol–water partition coefficient (Wildman–Crippen LogP) is 2.01.